The minimum atomic E-state index is -0.115. The molecule has 4 heteroatoms. The number of amides is 1. The van der Waals surface area contributed by atoms with Gasteiger partial charge in [-0.1, -0.05) is 55.5 Å². The van der Waals surface area contributed by atoms with E-state index < -0.39 is 0 Å². The zero-order valence-corrected chi connectivity index (χ0v) is 16.0. The molecule has 1 N–H and O–H groups in total. The summed E-state index contributed by atoms with van der Waals surface area (Å²) in [4.78, 5) is 12.6. The second kappa shape index (κ2) is 8.58. The van der Waals surface area contributed by atoms with Crippen molar-refractivity contribution >= 4 is 16.7 Å². The van der Waals surface area contributed by atoms with Crippen LogP contribution >= 0.6 is 0 Å². The first kappa shape index (κ1) is 18.8. The summed E-state index contributed by atoms with van der Waals surface area (Å²) in [5.41, 5.74) is 2.17. The number of carbonyl (C=O) groups is 1. The van der Waals surface area contributed by atoms with E-state index in [1.165, 1.54) is 16.3 Å². The van der Waals surface area contributed by atoms with E-state index in [1.54, 1.807) is 14.2 Å². The summed E-state index contributed by atoms with van der Waals surface area (Å²) in [6.07, 6.45) is 0.707. The number of nitrogens with one attached hydrogen (secondary N) is 1. The molecule has 0 aliphatic carbocycles. The van der Waals surface area contributed by atoms with E-state index >= 15 is 0 Å². The summed E-state index contributed by atoms with van der Waals surface area (Å²) in [6.45, 7) is 2.42. The van der Waals surface area contributed by atoms with Crippen LogP contribution in [0.25, 0.3) is 10.8 Å². The van der Waals surface area contributed by atoms with Crippen molar-refractivity contribution in [2.45, 2.75) is 19.9 Å². The number of fused-ring (bicyclic) bond motifs is 1. The van der Waals surface area contributed by atoms with Crippen molar-refractivity contribution in [3.8, 4) is 11.5 Å². The molecule has 0 saturated carbocycles. The fourth-order valence-electron chi connectivity index (χ4n) is 3.25. The first-order valence-corrected chi connectivity index (χ1v) is 9.07. The van der Waals surface area contributed by atoms with E-state index in [-0.39, 0.29) is 11.8 Å². The van der Waals surface area contributed by atoms with Crippen LogP contribution in [0.4, 0.5) is 0 Å². The van der Waals surface area contributed by atoms with Gasteiger partial charge in [-0.2, -0.15) is 0 Å². The largest absolute Gasteiger partial charge is 0.493 e. The molecule has 27 heavy (non-hydrogen) atoms. The Balaban J connectivity index is 1.64. The maximum absolute atomic E-state index is 12.6. The lowest BCUT2D eigenvalue weighted by molar-refractivity contribution is -0.124. The smallest absolute Gasteiger partial charge is 0.223 e. The normalized spacial score (nSPS) is 11.8. The molecule has 4 nitrogen and oxygen atoms in total. The average Bonchev–Trinajstić information content (AvgIpc) is 2.71. The molecular weight excluding hydrogens is 338 g/mol. The minimum Gasteiger partial charge on any atom is -0.493 e. The zero-order valence-electron chi connectivity index (χ0n) is 16.0. The van der Waals surface area contributed by atoms with Crippen molar-refractivity contribution in [1.82, 2.24) is 5.32 Å². The highest BCUT2D eigenvalue weighted by molar-refractivity contribution is 5.86. The van der Waals surface area contributed by atoms with E-state index in [0.29, 0.717) is 24.5 Å². The van der Waals surface area contributed by atoms with Crippen molar-refractivity contribution in [3.05, 3.63) is 71.8 Å². The van der Waals surface area contributed by atoms with Crippen molar-refractivity contribution in [2.24, 2.45) is 5.92 Å². The van der Waals surface area contributed by atoms with Gasteiger partial charge < -0.3 is 14.8 Å². The molecule has 0 radical (unpaired) electrons. The Labute approximate surface area is 160 Å². The average molecular weight is 363 g/mol. The summed E-state index contributed by atoms with van der Waals surface area (Å²) < 4.78 is 10.6. The molecule has 3 aromatic rings. The summed E-state index contributed by atoms with van der Waals surface area (Å²) >= 11 is 0. The van der Waals surface area contributed by atoms with Gasteiger partial charge >= 0.3 is 0 Å². The molecule has 0 fully saturated rings. The highest BCUT2D eigenvalue weighted by atomic mass is 16.5. The number of hydrogen-bond acceptors (Lipinski definition) is 3. The molecule has 0 aromatic heterocycles. The van der Waals surface area contributed by atoms with Gasteiger partial charge in [0.15, 0.2) is 11.5 Å². The van der Waals surface area contributed by atoms with Gasteiger partial charge in [0.25, 0.3) is 0 Å². The van der Waals surface area contributed by atoms with E-state index in [2.05, 4.69) is 29.6 Å². The third-order valence-electron chi connectivity index (χ3n) is 4.77. The number of methoxy groups -OCH3 is 2. The van der Waals surface area contributed by atoms with Gasteiger partial charge in [0.05, 0.1) is 14.2 Å². The summed E-state index contributed by atoms with van der Waals surface area (Å²) in [6, 6.07) is 20.2. The third-order valence-corrected chi connectivity index (χ3v) is 4.77. The summed E-state index contributed by atoms with van der Waals surface area (Å²) in [5.74, 6) is 1.26. The fraction of sp³-hybridized carbons (Fsp3) is 0.261. The predicted octanol–water partition coefficient (Wildman–Crippen LogP) is 4.35. The van der Waals surface area contributed by atoms with Gasteiger partial charge in [0, 0.05) is 12.5 Å². The molecular formula is C23H25NO3. The van der Waals surface area contributed by atoms with Crippen molar-refractivity contribution in [3.63, 3.8) is 0 Å². The Kier molecular flexibility index (Phi) is 5.97. The van der Waals surface area contributed by atoms with Gasteiger partial charge in [-0.3, -0.25) is 4.79 Å². The third kappa shape index (κ3) is 4.40. The fourth-order valence-corrected chi connectivity index (χ4v) is 3.25. The van der Waals surface area contributed by atoms with Crippen LogP contribution in [0.1, 0.15) is 18.1 Å². The first-order valence-electron chi connectivity index (χ1n) is 9.07. The zero-order chi connectivity index (χ0) is 19.2. The molecule has 0 unspecified atom stereocenters. The lowest BCUT2D eigenvalue weighted by atomic mass is 9.95. The van der Waals surface area contributed by atoms with Crippen LogP contribution in [0.3, 0.4) is 0 Å². The Morgan fingerprint density at radius 2 is 1.70 bits per heavy atom. The highest BCUT2D eigenvalue weighted by Gasteiger charge is 2.15. The maximum atomic E-state index is 12.6. The van der Waals surface area contributed by atoms with Gasteiger partial charge in [-0.15, -0.1) is 0 Å². The molecule has 0 spiro atoms. The second-order valence-corrected chi connectivity index (χ2v) is 6.65. The van der Waals surface area contributed by atoms with Crippen LogP contribution in [0.5, 0.6) is 11.5 Å². The molecule has 0 aliphatic rings. The van der Waals surface area contributed by atoms with Crippen molar-refractivity contribution in [2.75, 3.05) is 14.2 Å². The Hall–Kier alpha value is -3.01. The molecule has 0 bridgehead atoms. The molecule has 0 aliphatic heterocycles. The SMILES string of the molecule is COc1ccc(CNC(=O)[C@@H](C)Cc2cccc3ccccc23)cc1OC. The van der Waals surface area contributed by atoms with E-state index in [1.807, 2.05) is 43.3 Å². The predicted molar refractivity (Wildman–Crippen MR) is 108 cm³/mol. The van der Waals surface area contributed by atoms with E-state index in [9.17, 15) is 4.79 Å². The van der Waals surface area contributed by atoms with Crippen LogP contribution in [0, 0.1) is 5.92 Å². The lowest BCUT2D eigenvalue weighted by Gasteiger charge is -2.15. The summed E-state index contributed by atoms with van der Waals surface area (Å²) in [7, 11) is 3.21. The number of hydrogen-bond donors (Lipinski definition) is 1. The van der Waals surface area contributed by atoms with Gasteiger partial charge in [0.1, 0.15) is 0 Å². The molecule has 1 amide bonds. The standard InChI is InChI=1S/C23H25NO3/c1-16(13-19-9-6-8-18-7-4-5-10-20(18)19)23(25)24-15-17-11-12-21(26-2)22(14-17)27-3/h4-12,14,16H,13,15H2,1-3H3,(H,24,25)/t16-/m0/s1. The number of carbonyl (C=O) groups excluding carboxylic acids is 1. The van der Waals surface area contributed by atoms with Gasteiger partial charge in [0.2, 0.25) is 5.91 Å². The maximum Gasteiger partial charge on any atom is 0.223 e. The van der Waals surface area contributed by atoms with Crippen LogP contribution < -0.4 is 14.8 Å². The Bertz CT molecular complexity index is 931. The second-order valence-electron chi connectivity index (χ2n) is 6.65. The minimum absolute atomic E-state index is 0.0396. The van der Waals surface area contributed by atoms with Crippen LogP contribution in [-0.2, 0) is 17.8 Å². The monoisotopic (exact) mass is 363 g/mol. The molecule has 0 heterocycles. The quantitative estimate of drug-likeness (QED) is 0.679. The van der Waals surface area contributed by atoms with Crippen molar-refractivity contribution in [1.29, 1.82) is 0 Å². The van der Waals surface area contributed by atoms with Crippen LogP contribution in [0.2, 0.25) is 0 Å². The molecule has 140 valence electrons. The summed E-state index contributed by atoms with van der Waals surface area (Å²) in [5, 5.41) is 5.43. The molecule has 1 atom stereocenters. The topological polar surface area (TPSA) is 47.6 Å². The van der Waals surface area contributed by atoms with E-state index in [4.69, 9.17) is 9.47 Å². The van der Waals surface area contributed by atoms with Crippen LogP contribution in [0.15, 0.2) is 60.7 Å². The number of rotatable bonds is 7. The van der Waals surface area contributed by atoms with Crippen LogP contribution in [-0.4, -0.2) is 20.1 Å². The van der Waals surface area contributed by atoms with Crippen molar-refractivity contribution < 1.29 is 14.3 Å². The number of ether oxygens (including phenoxy) is 2. The molecule has 0 saturated heterocycles. The highest BCUT2D eigenvalue weighted by Crippen LogP contribution is 2.27. The molecule has 3 aromatic carbocycles. The van der Waals surface area contributed by atoms with E-state index in [0.717, 1.165) is 5.56 Å². The number of benzene rings is 3. The lowest BCUT2D eigenvalue weighted by Crippen LogP contribution is -2.29. The van der Waals surface area contributed by atoms with Gasteiger partial charge in [-0.25, -0.2) is 0 Å². The van der Waals surface area contributed by atoms with Gasteiger partial charge in [-0.05, 0) is 40.5 Å². The molecule has 3 rings (SSSR count). The Morgan fingerprint density at radius 1 is 0.963 bits per heavy atom. The Morgan fingerprint density at radius 3 is 2.48 bits per heavy atom. The first-order chi connectivity index (χ1) is 13.1.